The van der Waals surface area contributed by atoms with Crippen molar-refractivity contribution in [1.82, 2.24) is 15.1 Å². The largest absolute Gasteiger partial charge is 0.507 e. The molecule has 0 spiro atoms. The lowest BCUT2D eigenvalue weighted by molar-refractivity contribution is 0.0944. The van der Waals surface area contributed by atoms with Gasteiger partial charge in [0.15, 0.2) is 0 Å². The number of aromatic hydroxyl groups is 1. The molecule has 0 saturated carbocycles. The first-order valence-electron chi connectivity index (χ1n) is 6.44. The van der Waals surface area contributed by atoms with E-state index in [2.05, 4.69) is 15.3 Å². The molecule has 7 heteroatoms. The van der Waals surface area contributed by atoms with Crippen LogP contribution in [0.1, 0.15) is 16.1 Å². The van der Waals surface area contributed by atoms with Crippen molar-refractivity contribution in [1.29, 1.82) is 0 Å². The maximum absolute atomic E-state index is 12.0. The van der Waals surface area contributed by atoms with Crippen molar-refractivity contribution in [2.45, 2.75) is 12.5 Å². The van der Waals surface area contributed by atoms with Crippen molar-refractivity contribution >= 4 is 22.9 Å². The molecule has 106 valence electrons. The van der Waals surface area contributed by atoms with Gasteiger partial charge in [0, 0.05) is 43.8 Å². The van der Waals surface area contributed by atoms with Gasteiger partial charge in [-0.3, -0.25) is 9.48 Å². The molecule has 0 bridgehead atoms. The molecule has 1 atom stereocenters. The van der Waals surface area contributed by atoms with Crippen molar-refractivity contribution in [3.63, 3.8) is 0 Å². The van der Waals surface area contributed by atoms with Crippen LogP contribution in [0.3, 0.4) is 0 Å². The van der Waals surface area contributed by atoms with E-state index in [0.717, 1.165) is 25.2 Å². The Bertz CT molecular complexity index is 621. The molecule has 1 saturated heterocycles. The number of nitrogens with zero attached hydrogens (tertiary/aromatic N) is 3. The third-order valence-corrected chi connectivity index (χ3v) is 4.31. The standard InChI is InChI=1S/C13H16N4O2S/c1-16-7-10(5-14-16)17-3-2-9(6-17)15-13(19)12-4-11(18)8-20-12/h4-5,7-9,18H,2-3,6H2,1H3,(H,15,19)/t9-/m0/s1. The van der Waals surface area contributed by atoms with Crippen LogP contribution in [-0.2, 0) is 7.05 Å². The number of hydrogen-bond donors (Lipinski definition) is 2. The zero-order chi connectivity index (χ0) is 14.1. The second-order valence-corrected chi connectivity index (χ2v) is 5.86. The summed E-state index contributed by atoms with van der Waals surface area (Å²) >= 11 is 1.25. The summed E-state index contributed by atoms with van der Waals surface area (Å²) in [6.45, 7) is 1.70. The average molecular weight is 292 g/mol. The van der Waals surface area contributed by atoms with Gasteiger partial charge in [-0.15, -0.1) is 11.3 Å². The minimum atomic E-state index is -0.117. The molecule has 3 rings (SSSR count). The number of amides is 1. The van der Waals surface area contributed by atoms with Crippen molar-refractivity contribution in [2.24, 2.45) is 7.05 Å². The van der Waals surface area contributed by atoms with Crippen LogP contribution in [0.4, 0.5) is 5.69 Å². The van der Waals surface area contributed by atoms with Crippen LogP contribution in [0.15, 0.2) is 23.8 Å². The summed E-state index contributed by atoms with van der Waals surface area (Å²) in [5.74, 6) is 0.0249. The number of aryl methyl sites for hydroxylation is 1. The predicted octanol–water partition coefficient (Wildman–Crippen LogP) is 1.20. The monoisotopic (exact) mass is 292 g/mol. The minimum absolute atomic E-state index is 0.117. The third-order valence-electron chi connectivity index (χ3n) is 3.39. The smallest absolute Gasteiger partial charge is 0.261 e. The highest BCUT2D eigenvalue weighted by molar-refractivity contribution is 7.12. The zero-order valence-corrected chi connectivity index (χ0v) is 11.9. The lowest BCUT2D eigenvalue weighted by atomic mass is 10.2. The second-order valence-electron chi connectivity index (χ2n) is 4.95. The highest BCUT2D eigenvalue weighted by atomic mass is 32.1. The van der Waals surface area contributed by atoms with E-state index >= 15 is 0 Å². The summed E-state index contributed by atoms with van der Waals surface area (Å²) in [7, 11) is 1.89. The van der Waals surface area contributed by atoms with Crippen LogP contribution in [0, 0.1) is 0 Å². The molecule has 1 aliphatic heterocycles. The lowest BCUT2D eigenvalue weighted by Crippen LogP contribution is -2.36. The summed E-state index contributed by atoms with van der Waals surface area (Å²) in [6, 6.07) is 1.63. The van der Waals surface area contributed by atoms with Gasteiger partial charge in [-0.05, 0) is 6.42 Å². The number of carbonyl (C=O) groups excluding carboxylic acids is 1. The van der Waals surface area contributed by atoms with E-state index in [-0.39, 0.29) is 17.7 Å². The summed E-state index contributed by atoms with van der Waals surface area (Å²) < 4.78 is 1.77. The van der Waals surface area contributed by atoms with Crippen LogP contribution in [0.5, 0.6) is 5.75 Å². The molecule has 2 aromatic heterocycles. The van der Waals surface area contributed by atoms with Gasteiger partial charge in [0.1, 0.15) is 5.75 Å². The van der Waals surface area contributed by atoms with Crippen LogP contribution >= 0.6 is 11.3 Å². The Morgan fingerprint density at radius 2 is 2.45 bits per heavy atom. The first-order chi connectivity index (χ1) is 9.61. The van der Waals surface area contributed by atoms with Gasteiger partial charge in [-0.1, -0.05) is 0 Å². The minimum Gasteiger partial charge on any atom is -0.507 e. The molecule has 3 heterocycles. The molecule has 1 fully saturated rings. The molecule has 6 nitrogen and oxygen atoms in total. The molecule has 1 aliphatic rings. The predicted molar refractivity (Wildman–Crippen MR) is 77.3 cm³/mol. The Kier molecular flexibility index (Phi) is 3.35. The highest BCUT2D eigenvalue weighted by Crippen LogP contribution is 2.22. The number of anilines is 1. The summed E-state index contributed by atoms with van der Waals surface area (Å²) in [4.78, 5) is 14.8. The van der Waals surface area contributed by atoms with Gasteiger partial charge in [-0.25, -0.2) is 0 Å². The molecule has 0 aliphatic carbocycles. The number of carbonyl (C=O) groups is 1. The third kappa shape index (κ3) is 2.62. The number of thiophene rings is 1. The summed E-state index contributed by atoms with van der Waals surface area (Å²) in [5.41, 5.74) is 1.08. The molecular weight excluding hydrogens is 276 g/mol. The van der Waals surface area contributed by atoms with E-state index < -0.39 is 0 Å². The van der Waals surface area contributed by atoms with Crippen LogP contribution in [-0.4, -0.2) is 39.9 Å². The Balaban J connectivity index is 1.59. The average Bonchev–Trinajstić information content (AvgIpc) is 3.10. The lowest BCUT2D eigenvalue weighted by Gasteiger charge is -2.16. The van der Waals surface area contributed by atoms with Crippen molar-refractivity contribution < 1.29 is 9.90 Å². The summed E-state index contributed by atoms with van der Waals surface area (Å²) in [5, 5.41) is 18.0. The van der Waals surface area contributed by atoms with Gasteiger partial charge in [0.05, 0.1) is 16.8 Å². The quantitative estimate of drug-likeness (QED) is 0.891. The second kappa shape index (κ2) is 5.16. The van der Waals surface area contributed by atoms with E-state index in [1.165, 1.54) is 17.4 Å². The van der Waals surface area contributed by atoms with E-state index in [9.17, 15) is 9.90 Å². The van der Waals surface area contributed by atoms with E-state index in [0.29, 0.717) is 4.88 Å². The number of aromatic nitrogens is 2. The van der Waals surface area contributed by atoms with Crippen molar-refractivity contribution in [3.8, 4) is 5.75 Å². The fourth-order valence-corrected chi connectivity index (χ4v) is 3.06. The Morgan fingerprint density at radius 3 is 3.10 bits per heavy atom. The van der Waals surface area contributed by atoms with Crippen LogP contribution in [0.25, 0.3) is 0 Å². The van der Waals surface area contributed by atoms with E-state index in [1.54, 1.807) is 10.1 Å². The van der Waals surface area contributed by atoms with Gasteiger partial charge in [0.25, 0.3) is 5.91 Å². The maximum atomic E-state index is 12.0. The number of hydrogen-bond acceptors (Lipinski definition) is 5. The molecule has 2 aromatic rings. The van der Waals surface area contributed by atoms with Crippen LogP contribution in [0.2, 0.25) is 0 Å². The molecular formula is C13H16N4O2S. The van der Waals surface area contributed by atoms with Crippen molar-refractivity contribution in [3.05, 3.63) is 28.7 Å². The number of rotatable bonds is 3. The molecule has 2 N–H and O–H groups in total. The first-order valence-corrected chi connectivity index (χ1v) is 7.32. The topological polar surface area (TPSA) is 70.4 Å². The van der Waals surface area contributed by atoms with E-state index in [1.807, 2.05) is 19.4 Å². The molecule has 0 unspecified atom stereocenters. The van der Waals surface area contributed by atoms with Crippen LogP contribution < -0.4 is 10.2 Å². The SMILES string of the molecule is Cn1cc(N2CC[C@H](NC(=O)c3cc(O)cs3)C2)cn1. The Morgan fingerprint density at radius 1 is 1.60 bits per heavy atom. The van der Waals surface area contributed by atoms with Gasteiger partial charge in [0.2, 0.25) is 0 Å². The van der Waals surface area contributed by atoms with Gasteiger partial charge < -0.3 is 15.3 Å². The van der Waals surface area contributed by atoms with Gasteiger partial charge >= 0.3 is 0 Å². The van der Waals surface area contributed by atoms with E-state index in [4.69, 9.17) is 0 Å². The number of nitrogens with one attached hydrogen (secondary N) is 1. The molecule has 20 heavy (non-hydrogen) atoms. The molecule has 0 radical (unpaired) electrons. The van der Waals surface area contributed by atoms with Gasteiger partial charge in [-0.2, -0.15) is 5.10 Å². The Hall–Kier alpha value is -2.02. The summed E-state index contributed by atoms with van der Waals surface area (Å²) in [6.07, 6.45) is 4.72. The fraction of sp³-hybridized carbons (Fsp3) is 0.385. The first kappa shape index (κ1) is 13.0. The fourth-order valence-electron chi connectivity index (χ4n) is 2.39. The Labute approximate surface area is 120 Å². The molecule has 0 aromatic carbocycles. The molecule has 1 amide bonds. The van der Waals surface area contributed by atoms with Crippen molar-refractivity contribution in [2.75, 3.05) is 18.0 Å². The zero-order valence-electron chi connectivity index (χ0n) is 11.1. The highest BCUT2D eigenvalue weighted by Gasteiger charge is 2.25. The normalized spacial score (nSPS) is 18.4. The maximum Gasteiger partial charge on any atom is 0.261 e.